The average Bonchev–Trinajstić information content (AvgIpc) is 2.78. The highest BCUT2D eigenvalue weighted by Gasteiger charge is 2.16. The van der Waals surface area contributed by atoms with Crippen molar-refractivity contribution in [2.75, 3.05) is 10.7 Å². The highest BCUT2D eigenvalue weighted by atomic mass is 35.5. The summed E-state index contributed by atoms with van der Waals surface area (Å²) < 4.78 is 0. The van der Waals surface area contributed by atoms with Gasteiger partial charge < -0.3 is 5.32 Å². The third-order valence-electron chi connectivity index (χ3n) is 4.56. The number of amides is 2. The van der Waals surface area contributed by atoms with E-state index in [1.54, 1.807) is 66.9 Å². The number of nitrogens with one attached hydrogen (secondary N) is 3. The third-order valence-corrected chi connectivity index (χ3v) is 5.19. The quantitative estimate of drug-likeness (QED) is 0.348. The number of hydrazine groups is 1. The number of hydrogen-bond acceptors (Lipinski definition) is 4. The van der Waals surface area contributed by atoms with E-state index >= 15 is 0 Å². The van der Waals surface area contributed by atoms with Gasteiger partial charge in [-0.25, -0.2) is 0 Å². The molecule has 0 atom stereocenters. The minimum atomic E-state index is -0.444. The van der Waals surface area contributed by atoms with Gasteiger partial charge in [0.2, 0.25) is 0 Å². The van der Waals surface area contributed by atoms with E-state index in [0.717, 1.165) is 0 Å². The molecule has 0 bridgehead atoms. The Kier molecular flexibility index (Phi) is 6.02. The van der Waals surface area contributed by atoms with Crippen LogP contribution in [-0.2, 0) is 0 Å². The number of nitrogens with zero attached hydrogens (tertiary/aromatic N) is 1. The number of carbonyl (C=O) groups excluding carboxylic acids is 2. The fraction of sp³-hybridized carbons (Fsp3) is 0. The van der Waals surface area contributed by atoms with Crippen molar-refractivity contribution in [3.8, 4) is 0 Å². The molecule has 0 unspecified atom stereocenters. The van der Waals surface area contributed by atoms with Crippen LogP contribution in [0.1, 0.15) is 20.7 Å². The first-order valence-electron chi connectivity index (χ1n) is 9.29. The smallest absolute Gasteiger partial charge is 0.269 e. The molecular formula is C23H16Cl2N4O2. The lowest BCUT2D eigenvalue weighted by Crippen LogP contribution is -2.29. The summed E-state index contributed by atoms with van der Waals surface area (Å²) in [6, 6.07) is 20.8. The molecule has 0 radical (unpaired) electrons. The lowest BCUT2D eigenvalue weighted by Gasteiger charge is -2.14. The summed E-state index contributed by atoms with van der Waals surface area (Å²) in [6.07, 6.45) is 1.58. The van der Waals surface area contributed by atoms with Crippen LogP contribution in [0.15, 0.2) is 79.0 Å². The van der Waals surface area contributed by atoms with E-state index < -0.39 is 5.91 Å². The van der Waals surface area contributed by atoms with E-state index in [0.29, 0.717) is 27.8 Å². The summed E-state index contributed by atoms with van der Waals surface area (Å²) >= 11 is 12.3. The summed E-state index contributed by atoms with van der Waals surface area (Å²) in [6.45, 7) is 0. The van der Waals surface area contributed by atoms with Crippen LogP contribution in [0, 0.1) is 0 Å². The van der Waals surface area contributed by atoms with Crippen molar-refractivity contribution in [1.29, 1.82) is 0 Å². The first-order chi connectivity index (χ1) is 15.0. The SMILES string of the molecule is O=C(NNc1ccnc2c(NC(=O)c3c(Cl)cccc3Cl)cccc12)c1ccccc1. The number of pyridine rings is 1. The zero-order chi connectivity index (χ0) is 21.8. The fourth-order valence-corrected chi connectivity index (χ4v) is 3.64. The molecule has 6 nitrogen and oxygen atoms in total. The molecule has 2 amide bonds. The number of anilines is 2. The van der Waals surface area contributed by atoms with Gasteiger partial charge in [-0.05, 0) is 36.4 Å². The number of para-hydroxylation sites is 1. The van der Waals surface area contributed by atoms with Gasteiger partial charge in [-0.2, -0.15) is 0 Å². The molecule has 8 heteroatoms. The number of aromatic nitrogens is 1. The minimum Gasteiger partial charge on any atom is -0.320 e. The van der Waals surface area contributed by atoms with Crippen LogP contribution in [0.25, 0.3) is 10.9 Å². The van der Waals surface area contributed by atoms with Crippen molar-refractivity contribution < 1.29 is 9.59 Å². The molecule has 154 valence electrons. The maximum Gasteiger partial charge on any atom is 0.269 e. The molecular weight excluding hydrogens is 435 g/mol. The van der Waals surface area contributed by atoms with Crippen LogP contribution >= 0.6 is 23.2 Å². The first-order valence-corrected chi connectivity index (χ1v) is 10.0. The molecule has 0 spiro atoms. The Bertz CT molecular complexity index is 1260. The van der Waals surface area contributed by atoms with Gasteiger partial charge in [-0.15, -0.1) is 0 Å². The van der Waals surface area contributed by atoms with Crippen LogP contribution in [-0.4, -0.2) is 16.8 Å². The van der Waals surface area contributed by atoms with Crippen LogP contribution in [0.2, 0.25) is 10.0 Å². The Morgan fingerprint density at radius 3 is 2.19 bits per heavy atom. The molecule has 0 saturated carbocycles. The molecule has 0 aliphatic rings. The second-order valence-electron chi connectivity index (χ2n) is 6.56. The number of fused-ring (bicyclic) bond motifs is 1. The van der Waals surface area contributed by atoms with Gasteiger partial charge in [0.25, 0.3) is 11.8 Å². The molecule has 3 N–H and O–H groups in total. The first kappa shape index (κ1) is 20.7. The Balaban J connectivity index is 1.59. The molecule has 4 aromatic rings. The van der Waals surface area contributed by atoms with Gasteiger partial charge in [-0.3, -0.25) is 25.4 Å². The van der Waals surface area contributed by atoms with Crippen molar-refractivity contribution in [3.63, 3.8) is 0 Å². The zero-order valence-corrected chi connectivity index (χ0v) is 17.5. The van der Waals surface area contributed by atoms with Crippen molar-refractivity contribution in [3.05, 3.63) is 100 Å². The van der Waals surface area contributed by atoms with Crippen molar-refractivity contribution in [2.45, 2.75) is 0 Å². The molecule has 1 aromatic heterocycles. The van der Waals surface area contributed by atoms with Crippen molar-refractivity contribution in [1.82, 2.24) is 10.4 Å². The summed E-state index contributed by atoms with van der Waals surface area (Å²) in [7, 11) is 0. The molecule has 0 fully saturated rings. The van der Waals surface area contributed by atoms with Gasteiger partial charge in [-0.1, -0.05) is 59.6 Å². The van der Waals surface area contributed by atoms with Crippen molar-refractivity contribution in [2.24, 2.45) is 0 Å². The lowest BCUT2D eigenvalue weighted by atomic mass is 10.1. The highest BCUT2D eigenvalue weighted by Crippen LogP contribution is 2.29. The Hall–Kier alpha value is -3.61. The predicted octanol–water partition coefficient (Wildman–Crippen LogP) is 5.55. The largest absolute Gasteiger partial charge is 0.320 e. The minimum absolute atomic E-state index is 0.187. The summed E-state index contributed by atoms with van der Waals surface area (Å²) in [5.41, 5.74) is 7.95. The number of carbonyl (C=O) groups is 2. The van der Waals surface area contributed by atoms with Gasteiger partial charge in [0, 0.05) is 17.1 Å². The van der Waals surface area contributed by atoms with E-state index in [-0.39, 0.29) is 21.5 Å². The summed E-state index contributed by atoms with van der Waals surface area (Å²) in [4.78, 5) is 29.5. The van der Waals surface area contributed by atoms with Gasteiger partial charge in [0.1, 0.15) is 0 Å². The van der Waals surface area contributed by atoms with E-state index in [1.807, 2.05) is 12.1 Å². The molecule has 0 aliphatic carbocycles. The van der Waals surface area contributed by atoms with Gasteiger partial charge >= 0.3 is 0 Å². The number of rotatable bonds is 5. The second-order valence-corrected chi connectivity index (χ2v) is 7.37. The molecule has 0 aliphatic heterocycles. The second kappa shape index (κ2) is 9.04. The number of benzene rings is 3. The van der Waals surface area contributed by atoms with Crippen LogP contribution in [0.5, 0.6) is 0 Å². The monoisotopic (exact) mass is 450 g/mol. The van der Waals surface area contributed by atoms with Crippen molar-refractivity contribution >= 4 is 57.3 Å². The van der Waals surface area contributed by atoms with Crippen LogP contribution in [0.3, 0.4) is 0 Å². The zero-order valence-electron chi connectivity index (χ0n) is 16.0. The normalized spacial score (nSPS) is 10.5. The van der Waals surface area contributed by atoms with Crippen LogP contribution in [0.4, 0.5) is 11.4 Å². The molecule has 1 heterocycles. The molecule has 4 rings (SSSR count). The predicted molar refractivity (Wildman–Crippen MR) is 124 cm³/mol. The maximum atomic E-state index is 12.8. The number of halogens is 2. The van der Waals surface area contributed by atoms with E-state index in [2.05, 4.69) is 21.2 Å². The topological polar surface area (TPSA) is 83.1 Å². The van der Waals surface area contributed by atoms with E-state index in [4.69, 9.17) is 23.2 Å². The lowest BCUT2D eigenvalue weighted by molar-refractivity contribution is 0.0961. The third kappa shape index (κ3) is 4.45. The van der Waals surface area contributed by atoms with E-state index in [1.165, 1.54) is 0 Å². The molecule has 3 aromatic carbocycles. The maximum absolute atomic E-state index is 12.8. The summed E-state index contributed by atoms with van der Waals surface area (Å²) in [5.74, 6) is -0.718. The summed E-state index contributed by atoms with van der Waals surface area (Å²) in [5, 5.41) is 4.03. The standard InChI is InChI=1S/C23H16Cl2N4O2/c24-16-9-5-10-17(25)20(16)23(31)27-19-11-4-8-15-18(12-13-26-21(15)19)28-29-22(30)14-6-2-1-3-7-14/h1-13H,(H,26,28)(H,27,31)(H,29,30). The van der Waals surface area contributed by atoms with E-state index in [9.17, 15) is 9.59 Å². The van der Waals surface area contributed by atoms with Crippen LogP contribution < -0.4 is 16.2 Å². The highest BCUT2D eigenvalue weighted by molar-refractivity contribution is 6.40. The van der Waals surface area contributed by atoms with Gasteiger partial charge in [0.15, 0.2) is 0 Å². The Labute approximate surface area is 188 Å². The Morgan fingerprint density at radius 1 is 0.742 bits per heavy atom. The molecule has 31 heavy (non-hydrogen) atoms. The molecule has 0 saturated heterocycles. The van der Waals surface area contributed by atoms with Gasteiger partial charge in [0.05, 0.1) is 32.5 Å². The fourth-order valence-electron chi connectivity index (χ4n) is 3.07. The Morgan fingerprint density at radius 2 is 1.45 bits per heavy atom. The number of hydrogen-bond donors (Lipinski definition) is 3. The average molecular weight is 451 g/mol.